The lowest BCUT2D eigenvalue weighted by atomic mass is 9.94. The molecule has 0 radical (unpaired) electrons. The highest BCUT2D eigenvalue weighted by Gasteiger charge is 2.19. The van der Waals surface area contributed by atoms with E-state index in [4.69, 9.17) is 13.9 Å². The maximum absolute atomic E-state index is 12.8. The predicted molar refractivity (Wildman–Crippen MR) is 103 cm³/mol. The van der Waals surface area contributed by atoms with Gasteiger partial charge in [0.25, 0.3) is 0 Å². The zero-order chi connectivity index (χ0) is 18.3. The molecule has 4 heteroatoms. The van der Waals surface area contributed by atoms with Gasteiger partial charge in [-0.3, -0.25) is 0 Å². The van der Waals surface area contributed by atoms with E-state index in [1.807, 2.05) is 49.4 Å². The number of hydrogen-bond donors (Lipinski definition) is 0. The van der Waals surface area contributed by atoms with Crippen molar-refractivity contribution in [2.45, 2.75) is 6.92 Å². The third kappa shape index (κ3) is 2.42. The summed E-state index contributed by atoms with van der Waals surface area (Å²) in [7, 11) is 3.16. The molecule has 0 saturated carbocycles. The Bertz CT molecular complexity index is 1180. The molecule has 26 heavy (non-hydrogen) atoms. The van der Waals surface area contributed by atoms with Crippen molar-refractivity contribution in [1.82, 2.24) is 0 Å². The normalized spacial score (nSPS) is 11.0. The molecule has 3 aromatic carbocycles. The van der Waals surface area contributed by atoms with Crippen LogP contribution in [0, 0.1) is 6.92 Å². The van der Waals surface area contributed by atoms with Crippen molar-refractivity contribution in [2.24, 2.45) is 0 Å². The molecule has 0 fully saturated rings. The largest absolute Gasteiger partial charge is 0.496 e. The van der Waals surface area contributed by atoms with Crippen LogP contribution in [0.2, 0.25) is 0 Å². The Morgan fingerprint density at radius 2 is 1.69 bits per heavy atom. The number of methoxy groups -OCH3 is 2. The molecule has 0 unspecified atom stereocenters. The lowest BCUT2D eigenvalue weighted by Gasteiger charge is -2.14. The van der Waals surface area contributed by atoms with Gasteiger partial charge in [-0.1, -0.05) is 42.5 Å². The molecule has 0 atom stereocenters. The molecule has 4 nitrogen and oxygen atoms in total. The highest BCUT2D eigenvalue weighted by Crippen LogP contribution is 2.37. The van der Waals surface area contributed by atoms with Crippen molar-refractivity contribution in [1.29, 1.82) is 0 Å². The summed E-state index contributed by atoms with van der Waals surface area (Å²) in [6, 6.07) is 17.4. The summed E-state index contributed by atoms with van der Waals surface area (Å²) in [5.41, 5.74) is 2.31. The molecule has 130 valence electrons. The fourth-order valence-electron chi connectivity index (χ4n) is 3.48. The highest BCUT2D eigenvalue weighted by atomic mass is 16.5. The van der Waals surface area contributed by atoms with Crippen LogP contribution in [0.3, 0.4) is 0 Å². The summed E-state index contributed by atoms with van der Waals surface area (Å²) < 4.78 is 16.4. The first-order valence-corrected chi connectivity index (χ1v) is 8.31. The van der Waals surface area contributed by atoms with Crippen LogP contribution in [0.5, 0.6) is 11.5 Å². The second-order valence-corrected chi connectivity index (χ2v) is 6.12. The van der Waals surface area contributed by atoms with Crippen molar-refractivity contribution in [3.8, 4) is 22.6 Å². The quantitative estimate of drug-likeness (QED) is 0.493. The number of hydrogen-bond acceptors (Lipinski definition) is 4. The standard InChI is InChI=1S/C22H18O4/c1-13-20(17-10-6-8-14-7-4-5-9-16(14)17)22(23)26-19-12-15(24-2)11-18(25-3)21(13)19/h4-12H,1-3H3. The maximum Gasteiger partial charge on any atom is 0.344 e. The lowest BCUT2D eigenvalue weighted by molar-refractivity contribution is 0.396. The number of rotatable bonds is 3. The van der Waals surface area contributed by atoms with Gasteiger partial charge in [-0.15, -0.1) is 0 Å². The summed E-state index contributed by atoms with van der Waals surface area (Å²) in [6.45, 7) is 1.92. The van der Waals surface area contributed by atoms with Gasteiger partial charge in [-0.25, -0.2) is 4.79 Å². The smallest absolute Gasteiger partial charge is 0.344 e. The van der Waals surface area contributed by atoms with Crippen LogP contribution in [-0.2, 0) is 0 Å². The number of aryl methyl sites for hydroxylation is 1. The van der Waals surface area contributed by atoms with Gasteiger partial charge in [0.05, 0.1) is 25.2 Å². The highest BCUT2D eigenvalue weighted by molar-refractivity contribution is 6.00. The third-order valence-electron chi connectivity index (χ3n) is 4.71. The second-order valence-electron chi connectivity index (χ2n) is 6.12. The zero-order valence-electron chi connectivity index (χ0n) is 14.8. The van der Waals surface area contributed by atoms with Gasteiger partial charge in [0.1, 0.15) is 17.1 Å². The average molecular weight is 346 g/mol. The Labute approximate surface area is 150 Å². The van der Waals surface area contributed by atoms with E-state index in [2.05, 4.69) is 0 Å². The van der Waals surface area contributed by atoms with Crippen LogP contribution in [0.25, 0.3) is 32.9 Å². The van der Waals surface area contributed by atoms with Crippen molar-refractivity contribution < 1.29 is 13.9 Å². The summed E-state index contributed by atoms with van der Waals surface area (Å²) >= 11 is 0. The van der Waals surface area contributed by atoms with Gasteiger partial charge in [-0.2, -0.15) is 0 Å². The van der Waals surface area contributed by atoms with Crippen LogP contribution >= 0.6 is 0 Å². The van der Waals surface area contributed by atoms with Crippen LogP contribution in [0.15, 0.2) is 63.8 Å². The second kappa shape index (κ2) is 6.23. The molecular weight excluding hydrogens is 328 g/mol. The van der Waals surface area contributed by atoms with Gasteiger partial charge >= 0.3 is 5.63 Å². The van der Waals surface area contributed by atoms with E-state index in [1.165, 1.54) is 0 Å². The molecule has 0 amide bonds. The summed E-state index contributed by atoms with van der Waals surface area (Å²) in [6.07, 6.45) is 0. The zero-order valence-corrected chi connectivity index (χ0v) is 14.8. The first kappa shape index (κ1) is 16.2. The molecule has 0 saturated heterocycles. The van der Waals surface area contributed by atoms with Gasteiger partial charge in [0, 0.05) is 12.1 Å². The fraction of sp³-hybridized carbons (Fsp3) is 0.136. The summed E-state index contributed by atoms with van der Waals surface area (Å²) in [4.78, 5) is 12.8. The van der Waals surface area contributed by atoms with Crippen LogP contribution < -0.4 is 15.1 Å². The van der Waals surface area contributed by atoms with Crippen LogP contribution in [0.1, 0.15) is 5.56 Å². The molecule has 0 spiro atoms. The van der Waals surface area contributed by atoms with Crippen molar-refractivity contribution in [3.05, 3.63) is 70.6 Å². The molecule has 0 aliphatic carbocycles. The minimum absolute atomic E-state index is 0.373. The van der Waals surface area contributed by atoms with E-state index in [9.17, 15) is 4.79 Å². The van der Waals surface area contributed by atoms with E-state index in [1.54, 1.807) is 26.4 Å². The van der Waals surface area contributed by atoms with E-state index < -0.39 is 0 Å². The Kier molecular flexibility index (Phi) is 3.88. The predicted octanol–water partition coefficient (Wildman–Crippen LogP) is 4.94. The Morgan fingerprint density at radius 3 is 2.46 bits per heavy atom. The Morgan fingerprint density at radius 1 is 0.923 bits per heavy atom. The van der Waals surface area contributed by atoms with Gasteiger partial charge in [-0.05, 0) is 28.8 Å². The van der Waals surface area contributed by atoms with Crippen molar-refractivity contribution in [3.63, 3.8) is 0 Å². The van der Waals surface area contributed by atoms with E-state index in [-0.39, 0.29) is 5.63 Å². The topological polar surface area (TPSA) is 48.7 Å². The molecular formula is C22H18O4. The third-order valence-corrected chi connectivity index (χ3v) is 4.71. The molecule has 1 aromatic heterocycles. The lowest BCUT2D eigenvalue weighted by Crippen LogP contribution is -2.07. The monoisotopic (exact) mass is 346 g/mol. The van der Waals surface area contributed by atoms with Crippen molar-refractivity contribution in [2.75, 3.05) is 14.2 Å². The van der Waals surface area contributed by atoms with Crippen LogP contribution in [0.4, 0.5) is 0 Å². The van der Waals surface area contributed by atoms with Gasteiger partial charge in [0.2, 0.25) is 0 Å². The van der Waals surface area contributed by atoms with E-state index >= 15 is 0 Å². The molecule has 4 aromatic rings. The molecule has 4 rings (SSSR count). The molecule has 0 aliphatic rings. The number of fused-ring (bicyclic) bond motifs is 2. The van der Waals surface area contributed by atoms with Crippen molar-refractivity contribution >= 4 is 21.7 Å². The minimum atomic E-state index is -0.373. The SMILES string of the molecule is COc1cc(OC)c2c(C)c(-c3cccc4ccccc34)c(=O)oc2c1. The minimum Gasteiger partial charge on any atom is -0.496 e. The van der Waals surface area contributed by atoms with Gasteiger partial charge < -0.3 is 13.9 Å². The first-order valence-electron chi connectivity index (χ1n) is 8.31. The Balaban J connectivity index is 2.12. The summed E-state index contributed by atoms with van der Waals surface area (Å²) in [5, 5.41) is 2.86. The molecule has 0 aliphatic heterocycles. The molecule has 0 N–H and O–H groups in total. The van der Waals surface area contributed by atoms with E-state index in [0.717, 1.165) is 27.3 Å². The average Bonchev–Trinajstić information content (AvgIpc) is 2.67. The van der Waals surface area contributed by atoms with Gasteiger partial charge in [0.15, 0.2) is 0 Å². The summed E-state index contributed by atoms with van der Waals surface area (Å²) in [5.74, 6) is 1.19. The first-order chi connectivity index (χ1) is 12.6. The maximum atomic E-state index is 12.8. The fourth-order valence-corrected chi connectivity index (χ4v) is 3.48. The van der Waals surface area contributed by atoms with E-state index in [0.29, 0.717) is 22.6 Å². The Hall–Kier alpha value is -3.27. The van der Waals surface area contributed by atoms with Crippen LogP contribution in [-0.4, -0.2) is 14.2 Å². The number of ether oxygens (including phenoxy) is 2. The molecule has 1 heterocycles. The molecule has 0 bridgehead atoms. The number of benzene rings is 3.